The van der Waals surface area contributed by atoms with E-state index in [0.717, 1.165) is 21.3 Å². The molecule has 0 radical (unpaired) electrons. The van der Waals surface area contributed by atoms with Crippen LogP contribution in [0.5, 0.6) is 34.5 Å². The van der Waals surface area contributed by atoms with Gasteiger partial charge in [-0.3, -0.25) is 33.5 Å². The van der Waals surface area contributed by atoms with Crippen molar-refractivity contribution >= 4 is 44.4 Å². The summed E-state index contributed by atoms with van der Waals surface area (Å²) in [4.78, 5) is 96.9. The molecule has 1 fully saturated rings. The van der Waals surface area contributed by atoms with Crippen molar-refractivity contribution in [1.82, 2.24) is 24.9 Å². The Kier molecular flexibility index (Phi) is 24.1. The number of nitriles is 1. The van der Waals surface area contributed by atoms with E-state index in [1.807, 2.05) is 107 Å². The number of rotatable bonds is 29. The normalized spacial score (nSPS) is 16.3. The molecular formula is C79H89N6O17P. The number of aromatic nitrogens is 2. The molecule has 1 spiro atoms. The summed E-state index contributed by atoms with van der Waals surface area (Å²) in [7, 11) is 1.38. The molecule has 103 heavy (non-hydrogen) atoms. The minimum absolute atomic E-state index is 0.0353. The van der Waals surface area contributed by atoms with Gasteiger partial charge in [-0.05, 0) is 165 Å². The van der Waals surface area contributed by atoms with Crippen LogP contribution >= 0.6 is 8.53 Å². The number of carbonyl (C=O) groups excluding carboxylic acids is 5. The van der Waals surface area contributed by atoms with Gasteiger partial charge in [0.05, 0.1) is 74.1 Å². The van der Waals surface area contributed by atoms with Gasteiger partial charge < -0.3 is 57.6 Å². The monoisotopic (exact) mass is 1420 g/mol. The van der Waals surface area contributed by atoms with Crippen LogP contribution < -0.4 is 45.6 Å². The highest BCUT2D eigenvalue weighted by atomic mass is 31.2. The van der Waals surface area contributed by atoms with E-state index in [2.05, 4.69) is 26.4 Å². The quantitative estimate of drug-likeness (QED) is 0.00980. The summed E-state index contributed by atoms with van der Waals surface area (Å²) in [5.41, 5.74) is -1.84. The first-order chi connectivity index (χ1) is 49.2. The minimum atomic E-state index is -1.82. The first-order valence-corrected chi connectivity index (χ1v) is 35.6. The molecule has 542 valence electrons. The second-order valence-electron chi connectivity index (χ2n) is 28.0. The number of fused-ring (bicyclic) bond motifs is 6. The van der Waals surface area contributed by atoms with E-state index >= 15 is 0 Å². The van der Waals surface area contributed by atoms with Crippen molar-refractivity contribution in [2.24, 2.45) is 10.8 Å². The molecule has 1 saturated heterocycles. The minimum Gasteiger partial charge on any atom is -0.497 e. The number of hydrogen-bond acceptors (Lipinski definition) is 19. The van der Waals surface area contributed by atoms with Crippen molar-refractivity contribution in [2.45, 2.75) is 149 Å². The number of hydrogen-bond donors (Lipinski definition) is 3. The number of methoxy groups -OCH3 is 2. The van der Waals surface area contributed by atoms with E-state index in [9.17, 15) is 38.8 Å². The highest BCUT2D eigenvalue weighted by Crippen LogP contribution is 2.58. The van der Waals surface area contributed by atoms with Crippen molar-refractivity contribution in [3.63, 3.8) is 0 Å². The van der Waals surface area contributed by atoms with Crippen molar-refractivity contribution < 1.29 is 70.9 Å². The second-order valence-corrected chi connectivity index (χ2v) is 29.4. The zero-order valence-corrected chi connectivity index (χ0v) is 61.0. The molecule has 3 N–H and O–H groups in total. The molecule has 0 bridgehead atoms. The highest BCUT2D eigenvalue weighted by molar-refractivity contribution is 7.44. The van der Waals surface area contributed by atoms with Gasteiger partial charge in [0.15, 0.2) is 5.60 Å². The van der Waals surface area contributed by atoms with Gasteiger partial charge in [-0.2, -0.15) is 5.26 Å². The van der Waals surface area contributed by atoms with E-state index in [0.29, 0.717) is 67.0 Å². The topological polar surface area (TPSA) is 284 Å². The number of nitrogens with one attached hydrogen (secondary N) is 3. The Morgan fingerprint density at radius 2 is 1.26 bits per heavy atom. The molecule has 10 rings (SSSR count). The largest absolute Gasteiger partial charge is 0.497 e. The molecule has 1 unspecified atom stereocenters. The fourth-order valence-corrected chi connectivity index (χ4v) is 14.3. The van der Waals surface area contributed by atoms with E-state index in [1.165, 1.54) is 30.6 Å². The molecule has 23 nitrogen and oxygen atoms in total. The first-order valence-electron chi connectivity index (χ1n) is 34.5. The van der Waals surface area contributed by atoms with Crippen LogP contribution in [0.1, 0.15) is 174 Å². The van der Waals surface area contributed by atoms with E-state index in [4.69, 9.17) is 46.9 Å². The van der Waals surface area contributed by atoms with Crippen LogP contribution in [0, 0.1) is 22.2 Å². The van der Waals surface area contributed by atoms with E-state index in [1.54, 1.807) is 98.2 Å². The summed E-state index contributed by atoms with van der Waals surface area (Å²) in [5.74, 6) is -0.409. The van der Waals surface area contributed by atoms with Gasteiger partial charge in [0.2, 0.25) is 5.91 Å². The molecule has 4 heterocycles. The number of esters is 3. The standard InChI is InChI=1S/C79H89N6O17P/c1-49(2)85(50(3)4)103(96-42-20-38-80)102-67-46-64(99-68(67)48-95-78(52-21-16-15-17-22-52,53-24-28-55(93-11)29-25-53)54-26-30-56(94-12)31-27-54)60-47-84(75(92)83-71(60)88)41-37-69(86)81-39-18-13-14-19-40-82-70(87)51-23-34-59-63(43-51)79(101-72(59)89)61-35-32-57(97-73(90)76(5,6)7)44-65(61)100-66-45-58(33-36-62(66)79)98-74(91)77(8,9)10/h15-17,21-37,41,43-45,47,49-50,64,67-68H,13-14,18-20,39-40,42,46,48H2,1-12H3,(H,81,86)(H,82,87)(H,83,88,92)/b41-37+/t64-,67+,68-,103?/m1/s1. The summed E-state index contributed by atoms with van der Waals surface area (Å²) in [6, 6.07) is 41.4. The Balaban J connectivity index is 0.795. The molecule has 2 amide bonds. The molecule has 4 atom stereocenters. The molecule has 3 aliphatic rings. The lowest BCUT2D eigenvalue weighted by Crippen LogP contribution is -2.39. The number of nitrogens with zero attached hydrogens (tertiary/aromatic N) is 3. The molecule has 3 aliphatic heterocycles. The van der Waals surface area contributed by atoms with Crippen LogP contribution in [0.3, 0.4) is 0 Å². The molecule has 0 saturated carbocycles. The van der Waals surface area contributed by atoms with Crippen molar-refractivity contribution in [1.29, 1.82) is 5.26 Å². The fourth-order valence-electron chi connectivity index (χ4n) is 12.5. The maximum Gasteiger partial charge on any atom is 0.340 e. The van der Waals surface area contributed by atoms with Gasteiger partial charge in [0, 0.05) is 84.5 Å². The average molecular weight is 1430 g/mol. The zero-order valence-electron chi connectivity index (χ0n) is 60.1. The lowest BCUT2D eigenvalue weighted by atomic mass is 9.77. The maximum absolute atomic E-state index is 14.0. The van der Waals surface area contributed by atoms with E-state index in [-0.39, 0.29) is 77.8 Å². The smallest absolute Gasteiger partial charge is 0.340 e. The SMILES string of the molecule is COc1ccc(C(OC[C@H]2O[C@@H](c3cn(/C=C/C(=O)NCCCCCCNC(=O)c4ccc5c(c4)C4(OC5=O)c5ccc(OC(=O)C(C)(C)C)cc5Oc5cc(OC(=O)C(C)(C)C)ccc54)c(=O)[nH]c3=O)C[C@@H]2OP(OCCC#N)N(C(C)C)C(C)C)(c2ccccc2)c2ccc(OC)cc2)cc1. The third-order valence-corrected chi connectivity index (χ3v) is 20.0. The molecular weight excluding hydrogens is 1340 g/mol. The number of carbonyl (C=O) groups is 5. The number of aromatic amines is 1. The second kappa shape index (κ2) is 32.7. The van der Waals surface area contributed by atoms with Crippen LogP contribution in [0.15, 0.2) is 155 Å². The fraction of sp³-hybridized carbons (Fsp3) is 0.392. The van der Waals surface area contributed by atoms with Crippen molar-refractivity contribution in [3.8, 4) is 40.6 Å². The number of unbranched alkanes of at least 4 members (excludes halogenated alkanes) is 3. The van der Waals surface area contributed by atoms with Gasteiger partial charge >= 0.3 is 23.6 Å². The predicted molar refractivity (Wildman–Crippen MR) is 386 cm³/mol. The van der Waals surface area contributed by atoms with Gasteiger partial charge in [-0.1, -0.05) is 67.4 Å². The summed E-state index contributed by atoms with van der Waals surface area (Å²) >= 11 is 0. The third-order valence-electron chi connectivity index (χ3n) is 17.8. The number of H-pyrrole nitrogens is 1. The Morgan fingerprint density at radius 1 is 0.709 bits per heavy atom. The molecule has 7 aromatic rings. The summed E-state index contributed by atoms with van der Waals surface area (Å²) in [5, 5.41) is 15.4. The molecule has 1 aromatic heterocycles. The van der Waals surface area contributed by atoms with Gasteiger partial charge in [0.25, 0.3) is 20.0 Å². The maximum atomic E-state index is 14.0. The summed E-state index contributed by atoms with van der Waals surface area (Å²) in [6.07, 6.45) is 4.14. The van der Waals surface area contributed by atoms with Crippen molar-refractivity contribution in [2.75, 3.05) is 40.5 Å². The number of amides is 2. The Bertz CT molecular complexity index is 4290. The van der Waals surface area contributed by atoms with Gasteiger partial charge in [-0.25, -0.2) is 14.3 Å². The van der Waals surface area contributed by atoms with Gasteiger partial charge in [-0.15, -0.1) is 0 Å². The van der Waals surface area contributed by atoms with Crippen LogP contribution in [0.4, 0.5) is 0 Å². The zero-order chi connectivity index (χ0) is 74.0. The highest BCUT2D eigenvalue weighted by Gasteiger charge is 2.54. The van der Waals surface area contributed by atoms with Gasteiger partial charge in [0.1, 0.15) is 46.2 Å². The first kappa shape index (κ1) is 75.9. The van der Waals surface area contributed by atoms with Crippen LogP contribution in [-0.4, -0.2) is 109 Å². The van der Waals surface area contributed by atoms with E-state index < -0.39 is 89.8 Å². The lowest BCUT2D eigenvalue weighted by Gasteiger charge is -2.39. The van der Waals surface area contributed by atoms with Crippen LogP contribution in [0.2, 0.25) is 0 Å². The number of ether oxygens (including phenoxy) is 8. The van der Waals surface area contributed by atoms with Crippen LogP contribution in [-0.2, 0) is 48.8 Å². The Morgan fingerprint density at radius 3 is 1.81 bits per heavy atom. The molecule has 6 aromatic carbocycles. The number of benzene rings is 6. The van der Waals surface area contributed by atoms with Crippen LogP contribution in [0.25, 0.3) is 6.20 Å². The predicted octanol–water partition coefficient (Wildman–Crippen LogP) is 13.1. The molecule has 24 heteroatoms. The Hall–Kier alpha value is -9.79. The Labute approximate surface area is 600 Å². The lowest BCUT2D eigenvalue weighted by molar-refractivity contribution is -0.143. The van der Waals surface area contributed by atoms with Crippen molar-refractivity contribution in [3.05, 3.63) is 217 Å². The molecule has 0 aliphatic carbocycles. The average Bonchev–Trinajstić information content (AvgIpc) is 1.60. The third kappa shape index (κ3) is 17.1. The summed E-state index contributed by atoms with van der Waals surface area (Å²) in [6.45, 7) is 19.2. The summed E-state index contributed by atoms with van der Waals surface area (Å²) < 4.78 is 66.3.